The highest BCUT2D eigenvalue weighted by Crippen LogP contribution is 2.22. The van der Waals surface area contributed by atoms with Crippen molar-refractivity contribution < 1.29 is 0 Å². The van der Waals surface area contributed by atoms with Crippen molar-refractivity contribution in [2.45, 2.75) is 71.9 Å². The van der Waals surface area contributed by atoms with Crippen LogP contribution in [0, 0.1) is 0 Å². The second kappa shape index (κ2) is 12.1. The molecule has 18 heavy (non-hydrogen) atoms. The van der Waals surface area contributed by atoms with Gasteiger partial charge in [0.25, 0.3) is 0 Å². The fourth-order valence-electron chi connectivity index (χ4n) is 2.36. The van der Waals surface area contributed by atoms with Gasteiger partial charge in [0.05, 0.1) is 0 Å². The highest BCUT2D eigenvalue weighted by atomic mass is 32.2. The van der Waals surface area contributed by atoms with Gasteiger partial charge in [0, 0.05) is 17.8 Å². The van der Waals surface area contributed by atoms with Crippen LogP contribution in [0.5, 0.6) is 0 Å². The van der Waals surface area contributed by atoms with Gasteiger partial charge in [-0.1, -0.05) is 32.4 Å². The van der Waals surface area contributed by atoms with Gasteiger partial charge in [0.2, 0.25) is 0 Å². The van der Waals surface area contributed by atoms with Gasteiger partial charge in [0.1, 0.15) is 0 Å². The molecule has 0 N–H and O–H groups in total. The van der Waals surface area contributed by atoms with Crippen LogP contribution in [0.3, 0.4) is 0 Å². The number of thioether (sulfide) groups is 1. The summed E-state index contributed by atoms with van der Waals surface area (Å²) < 4.78 is 0. The van der Waals surface area contributed by atoms with Gasteiger partial charge >= 0.3 is 0 Å². The smallest absolute Gasteiger partial charge is 0.0189 e. The van der Waals surface area contributed by atoms with Gasteiger partial charge in [-0.25, -0.2) is 0 Å². The van der Waals surface area contributed by atoms with E-state index in [1.807, 2.05) is 11.8 Å². The molecule has 1 atom stereocenters. The van der Waals surface area contributed by atoms with E-state index in [2.05, 4.69) is 51.0 Å². The molecule has 108 valence electrons. The lowest BCUT2D eigenvalue weighted by Crippen LogP contribution is -2.36. The number of rotatable bonds is 6. The molecule has 0 aromatic rings. The third kappa shape index (κ3) is 8.20. The van der Waals surface area contributed by atoms with Crippen molar-refractivity contribution in [3.8, 4) is 0 Å². The molecule has 1 saturated heterocycles. The molecule has 1 fully saturated rings. The Hall–Kier alpha value is 0.0500. The SMILES string of the molecule is CC/C=C/CCC.CSCC1CCCN1C(C)C. The maximum Gasteiger partial charge on any atom is 0.0189 e. The number of hydrogen-bond acceptors (Lipinski definition) is 2. The van der Waals surface area contributed by atoms with E-state index in [-0.39, 0.29) is 0 Å². The van der Waals surface area contributed by atoms with Crippen LogP contribution in [0.4, 0.5) is 0 Å². The number of hydrogen-bond donors (Lipinski definition) is 0. The number of nitrogens with zero attached hydrogens (tertiary/aromatic N) is 1. The molecule has 0 radical (unpaired) electrons. The monoisotopic (exact) mass is 271 g/mol. The van der Waals surface area contributed by atoms with Crippen LogP contribution in [-0.4, -0.2) is 35.5 Å². The Labute approximate surface area is 119 Å². The Balaban J connectivity index is 0.000000360. The van der Waals surface area contributed by atoms with E-state index < -0.39 is 0 Å². The quantitative estimate of drug-likeness (QED) is 0.627. The average molecular weight is 272 g/mol. The van der Waals surface area contributed by atoms with Gasteiger partial charge in [-0.3, -0.25) is 4.90 Å². The summed E-state index contributed by atoms with van der Waals surface area (Å²) in [7, 11) is 0. The third-order valence-corrected chi connectivity index (χ3v) is 4.02. The van der Waals surface area contributed by atoms with Crippen molar-refractivity contribution in [3.05, 3.63) is 12.2 Å². The van der Waals surface area contributed by atoms with E-state index in [1.54, 1.807) is 0 Å². The summed E-state index contributed by atoms with van der Waals surface area (Å²) in [6, 6.07) is 1.61. The summed E-state index contributed by atoms with van der Waals surface area (Å²) in [6.45, 7) is 10.3. The van der Waals surface area contributed by atoms with Crippen LogP contribution in [0.2, 0.25) is 0 Å². The fourth-order valence-corrected chi connectivity index (χ4v) is 3.10. The molecule has 0 saturated carbocycles. The zero-order chi connectivity index (χ0) is 13.8. The second-order valence-corrected chi connectivity index (χ2v) is 6.16. The Bertz CT molecular complexity index is 201. The summed E-state index contributed by atoms with van der Waals surface area (Å²) in [5, 5.41) is 0. The van der Waals surface area contributed by atoms with E-state index in [4.69, 9.17) is 0 Å². The molecule has 0 aromatic carbocycles. The lowest BCUT2D eigenvalue weighted by molar-refractivity contribution is 0.219. The van der Waals surface area contributed by atoms with E-state index >= 15 is 0 Å². The topological polar surface area (TPSA) is 3.24 Å². The normalized spacial score (nSPS) is 20.4. The van der Waals surface area contributed by atoms with Gasteiger partial charge in [-0.15, -0.1) is 0 Å². The molecule has 0 amide bonds. The molecule has 0 bridgehead atoms. The zero-order valence-electron chi connectivity index (χ0n) is 13.1. The molecule has 1 unspecified atom stereocenters. The summed E-state index contributed by atoms with van der Waals surface area (Å²) in [5.74, 6) is 1.32. The van der Waals surface area contributed by atoms with Crippen LogP contribution in [0.1, 0.15) is 59.8 Å². The first-order valence-electron chi connectivity index (χ1n) is 7.56. The average Bonchev–Trinajstić information content (AvgIpc) is 2.80. The van der Waals surface area contributed by atoms with Crippen molar-refractivity contribution in [1.82, 2.24) is 4.90 Å². The minimum atomic E-state index is 0.745. The Morgan fingerprint density at radius 3 is 2.50 bits per heavy atom. The van der Waals surface area contributed by atoms with Crippen LogP contribution >= 0.6 is 11.8 Å². The third-order valence-electron chi connectivity index (χ3n) is 3.30. The first-order chi connectivity index (χ1) is 8.67. The largest absolute Gasteiger partial charge is 0.297 e. The predicted molar refractivity (Wildman–Crippen MR) is 87.6 cm³/mol. The highest BCUT2D eigenvalue weighted by molar-refractivity contribution is 7.98. The fraction of sp³-hybridized carbons (Fsp3) is 0.875. The maximum absolute atomic E-state index is 2.64. The van der Waals surface area contributed by atoms with Crippen molar-refractivity contribution >= 4 is 11.8 Å². The van der Waals surface area contributed by atoms with Crippen molar-refractivity contribution in [3.63, 3.8) is 0 Å². The maximum atomic E-state index is 2.64. The molecule has 1 nitrogen and oxygen atoms in total. The van der Waals surface area contributed by atoms with Crippen molar-refractivity contribution in [2.24, 2.45) is 0 Å². The predicted octanol–water partition coefficient (Wildman–Crippen LogP) is 4.97. The minimum absolute atomic E-state index is 0.745. The van der Waals surface area contributed by atoms with E-state index in [9.17, 15) is 0 Å². The molecule has 2 heteroatoms. The Kier molecular flexibility index (Phi) is 12.1. The zero-order valence-corrected chi connectivity index (χ0v) is 13.9. The number of allylic oxidation sites excluding steroid dienone is 2. The first kappa shape index (κ1) is 18.0. The van der Waals surface area contributed by atoms with Crippen LogP contribution in [-0.2, 0) is 0 Å². The van der Waals surface area contributed by atoms with Crippen LogP contribution in [0.25, 0.3) is 0 Å². The molecule has 1 rings (SSSR count). The number of likely N-dealkylation sites (tertiary alicyclic amines) is 1. The van der Waals surface area contributed by atoms with E-state index in [1.165, 1.54) is 44.4 Å². The van der Waals surface area contributed by atoms with Crippen LogP contribution in [0.15, 0.2) is 12.2 Å². The molecule has 0 aromatic heterocycles. The second-order valence-electron chi connectivity index (χ2n) is 5.25. The molecule has 1 aliphatic heterocycles. The van der Waals surface area contributed by atoms with E-state index in [0.717, 1.165) is 12.1 Å². The van der Waals surface area contributed by atoms with E-state index in [0.29, 0.717) is 0 Å². The molecule has 0 aliphatic carbocycles. The van der Waals surface area contributed by atoms with Crippen molar-refractivity contribution in [2.75, 3.05) is 18.6 Å². The Morgan fingerprint density at radius 2 is 2.00 bits per heavy atom. The Morgan fingerprint density at radius 1 is 1.28 bits per heavy atom. The first-order valence-corrected chi connectivity index (χ1v) is 8.96. The number of unbranched alkanes of at least 4 members (excludes halogenated alkanes) is 1. The summed E-state index contributed by atoms with van der Waals surface area (Å²) in [5.41, 5.74) is 0. The van der Waals surface area contributed by atoms with Crippen LogP contribution < -0.4 is 0 Å². The molecule has 0 spiro atoms. The summed E-state index contributed by atoms with van der Waals surface area (Å²) in [6.07, 6.45) is 13.2. The molecular weight excluding hydrogens is 238 g/mol. The van der Waals surface area contributed by atoms with Gasteiger partial charge in [-0.2, -0.15) is 11.8 Å². The summed E-state index contributed by atoms with van der Waals surface area (Å²) in [4.78, 5) is 2.64. The lowest BCUT2D eigenvalue weighted by atomic mass is 10.2. The minimum Gasteiger partial charge on any atom is -0.297 e. The lowest BCUT2D eigenvalue weighted by Gasteiger charge is -2.27. The van der Waals surface area contributed by atoms with Gasteiger partial charge in [-0.05, 0) is 52.3 Å². The van der Waals surface area contributed by atoms with Crippen molar-refractivity contribution in [1.29, 1.82) is 0 Å². The highest BCUT2D eigenvalue weighted by Gasteiger charge is 2.25. The standard InChI is InChI=1S/C9H19NS.C7H14/c1-8(2)10-6-4-5-9(10)7-11-3;1-3-5-7-6-4-2/h8-9H,4-7H2,1-3H3;5,7H,3-4,6H2,1-2H3/b;7-5+. The summed E-state index contributed by atoms with van der Waals surface area (Å²) >= 11 is 1.98. The van der Waals surface area contributed by atoms with Gasteiger partial charge in [0.15, 0.2) is 0 Å². The van der Waals surface area contributed by atoms with Gasteiger partial charge < -0.3 is 0 Å². The molecule has 1 aliphatic rings. The molecule has 1 heterocycles. The molecular formula is C16H33NS.